The highest BCUT2D eigenvalue weighted by atomic mass is 15.2. The summed E-state index contributed by atoms with van der Waals surface area (Å²) < 4.78 is 1.97. The lowest BCUT2D eigenvalue weighted by Gasteiger charge is -2.34. The van der Waals surface area contributed by atoms with Crippen molar-refractivity contribution in [1.29, 1.82) is 0 Å². The molecular formula is C17H24N4. The van der Waals surface area contributed by atoms with Crippen molar-refractivity contribution in [3.05, 3.63) is 30.6 Å². The van der Waals surface area contributed by atoms with Crippen LogP contribution in [0.4, 0.5) is 5.69 Å². The maximum Gasteiger partial charge on any atom is 0.165 e. The normalized spacial score (nSPS) is 25.8. The van der Waals surface area contributed by atoms with Gasteiger partial charge in [-0.3, -0.25) is 0 Å². The molecule has 1 N–H and O–H groups in total. The number of benzene rings is 1. The first-order valence-corrected chi connectivity index (χ1v) is 7.85. The number of para-hydroxylation sites is 1. The van der Waals surface area contributed by atoms with Gasteiger partial charge in [0.05, 0.1) is 0 Å². The van der Waals surface area contributed by atoms with Crippen LogP contribution in [0.1, 0.15) is 33.1 Å². The lowest BCUT2D eigenvalue weighted by atomic mass is 9.79. The summed E-state index contributed by atoms with van der Waals surface area (Å²) in [6, 6.07) is 8.95. The summed E-state index contributed by atoms with van der Waals surface area (Å²) in [4.78, 5) is 0. The fourth-order valence-electron chi connectivity index (χ4n) is 3.41. The number of nitrogens with one attached hydrogen (secondary N) is 1. The van der Waals surface area contributed by atoms with E-state index in [0.29, 0.717) is 12.0 Å². The van der Waals surface area contributed by atoms with Crippen LogP contribution >= 0.6 is 0 Å². The zero-order valence-corrected chi connectivity index (χ0v) is 13.1. The van der Waals surface area contributed by atoms with Crippen LogP contribution in [0.5, 0.6) is 0 Å². The minimum absolute atomic E-state index is 0.551. The molecule has 1 aromatic carbocycles. The van der Waals surface area contributed by atoms with E-state index in [9.17, 15) is 0 Å². The van der Waals surface area contributed by atoms with Crippen LogP contribution in [0.15, 0.2) is 30.6 Å². The molecule has 0 spiro atoms. The molecule has 3 unspecified atom stereocenters. The van der Waals surface area contributed by atoms with Gasteiger partial charge in [0.1, 0.15) is 6.33 Å². The van der Waals surface area contributed by atoms with Crippen molar-refractivity contribution in [1.82, 2.24) is 14.8 Å². The van der Waals surface area contributed by atoms with E-state index in [4.69, 9.17) is 0 Å². The highest BCUT2D eigenvalue weighted by Crippen LogP contribution is 2.33. The predicted molar refractivity (Wildman–Crippen MR) is 86.0 cm³/mol. The molecule has 0 radical (unpaired) electrons. The Bertz CT molecular complexity index is 604. The Morgan fingerprint density at radius 3 is 2.71 bits per heavy atom. The SMILES string of the molecule is CC1CCC(Nc2ccccc2-c2nncn2C)C(C)C1. The molecule has 1 aromatic heterocycles. The third kappa shape index (κ3) is 2.94. The number of aryl methyl sites for hydroxylation is 1. The molecule has 1 saturated carbocycles. The number of nitrogens with zero attached hydrogens (tertiary/aromatic N) is 3. The smallest absolute Gasteiger partial charge is 0.165 e. The molecule has 3 rings (SSSR count). The summed E-state index contributed by atoms with van der Waals surface area (Å²) in [6.07, 6.45) is 5.62. The molecular weight excluding hydrogens is 260 g/mol. The first-order chi connectivity index (χ1) is 10.1. The fraction of sp³-hybridized carbons (Fsp3) is 0.529. The summed E-state index contributed by atoms with van der Waals surface area (Å²) >= 11 is 0. The van der Waals surface area contributed by atoms with Crippen molar-refractivity contribution in [3.63, 3.8) is 0 Å². The summed E-state index contributed by atoms with van der Waals surface area (Å²) in [5.74, 6) is 2.48. The summed E-state index contributed by atoms with van der Waals surface area (Å²) in [7, 11) is 1.98. The second-order valence-electron chi connectivity index (χ2n) is 6.46. The lowest BCUT2D eigenvalue weighted by Crippen LogP contribution is -2.33. The molecule has 0 bridgehead atoms. The van der Waals surface area contributed by atoms with Crippen LogP contribution < -0.4 is 5.32 Å². The molecule has 1 heterocycles. The van der Waals surface area contributed by atoms with Gasteiger partial charge in [0.25, 0.3) is 0 Å². The minimum atomic E-state index is 0.551. The van der Waals surface area contributed by atoms with E-state index in [-0.39, 0.29) is 0 Å². The number of hydrogen-bond donors (Lipinski definition) is 1. The molecule has 4 heteroatoms. The third-order valence-electron chi connectivity index (χ3n) is 4.65. The highest BCUT2D eigenvalue weighted by Gasteiger charge is 2.25. The van der Waals surface area contributed by atoms with Gasteiger partial charge < -0.3 is 9.88 Å². The van der Waals surface area contributed by atoms with Crippen molar-refractivity contribution in [2.45, 2.75) is 39.2 Å². The maximum atomic E-state index is 4.24. The molecule has 2 aromatic rings. The largest absolute Gasteiger partial charge is 0.381 e. The molecule has 3 atom stereocenters. The van der Waals surface area contributed by atoms with E-state index in [1.807, 2.05) is 11.6 Å². The molecule has 1 aliphatic rings. The predicted octanol–water partition coefficient (Wildman–Crippen LogP) is 3.72. The zero-order valence-electron chi connectivity index (χ0n) is 13.1. The molecule has 0 amide bonds. The topological polar surface area (TPSA) is 42.7 Å². The van der Waals surface area contributed by atoms with E-state index in [2.05, 4.69) is 53.6 Å². The van der Waals surface area contributed by atoms with Crippen molar-refractivity contribution in [2.75, 3.05) is 5.32 Å². The highest BCUT2D eigenvalue weighted by molar-refractivity contribution is 5.73. The van der Waals surface area contributed by atoms with Gasteiger partial charge in [0.2, 0.25) is 0 Å². The Kier molecular flexibility index (Phi) is 3.95. The number of rotatable bonds is 3. The van der Waals surface area contributed by atoms with Crippen LogP contribution in [0.2, 0.25) is 0 Å². The van der Waals surface area contributed by atoms with Gasteiger partial charge in [-0.25, -0.2) is 0 Å². The van der Waals surface area contributed by atoms with E-state index in [1.54, 1.807) is 6.33 Å². The molecule has 1 fully saturated rings. The van der Waals surface area contributed by atoms with Crippen molar-refractivity contribution >= 4 is 5.69 Å². The average molecular weight is 284 g/mol. The second kappa shape index (κ2) is 5.88. The summed E-state index contributed by atoms with van der Waals surface area (Å²) in [5, 5.41) is 12.0. The molecule has 0 aliphatic heterocycles. The average Bonchev–Trinajstić information content (AvgIpc) is 2.89. The van der Waals surface area contributed by atoms with Gasteiger partial charge in [-0.2, -0.15) is 0 Å². The number of aromatic nitrogens is 3. The van der Waals surface area contributed by atoms with Crippen LogP contribution in [0.3, 0.4) is 0 Å². The van der Waals surface area contributed by atoms with Crippen LogP contribution in [0.25, 0.3) is 11.4 Å². The fourth-order valence-corrected chi connectivity index (χ4v) is 3.41. The van der Waals surface area contributed by atoms with Crippen LogP contribution in [0, 0.1) is 11.8 Å². The lowest BCUT2D eigenvalue weighted by molar-refractivity contribution is 0.276. The monoisotopic (exact) mass is 284 g/mol. The molecule has 0 saturated heterocycles. The van der Waals surface area contributed by atoms with E-state index in [0.717, 1.165) is 17.3 Å². The van der Waals surface area contributed by atoms with Crippen molar-refractivity contribution < 1.29 is 0 Å². The summed E-state index contributed by atoms with van der Waals surface area (Å²) in [6.45, 7) is 4.72. The zero-order chi connectivity index (χ0) is 14.8. The molecule has 21 heavy (non-hydrogen) atoms. The van der Waals surface area contributed by atoms with Crippen LogP contribution in [-0.4, -0.2) is 20.8 Å². The van der Waals surface area contributed by atoms with Crippen molar-refractivity contribution in [3.8, 4) is 11.4 Å². The standard InChI is InChI=1S/C17H24N4/c1-12-8-9-15(13(2)10-12)19-16-7-5-4-6-14(16)17-20-18-11-21(17)3/h4-7,11-13,15,19H,8-10H2,1-3H3. The van der Waals surface area contributed by atoms with Gasteiger partial charge in [-0.05, 0) is 43.2 Å². The number of anilines is 1. The first kappa shape index (κ1) is 14.1. The van der Waals surface area contributed by atoms with Crippen molar-refractivity contribution in [2.24, 2.45) is 18.9 Å². The quantitative estimate of drug-likeness (QED) is 0.934. The van der Waals surface area contributed by atoms with Gasteiger partial charge in [-0.15, -0.1) is 10.2 Å². The number of hydrogen-bond acceptors (Lipinski definition) is 3. The Morgan fingerprint density at radius 2 is 2.00 bits per heavy atom. The Hall–Kier alpha value is -1.84. The third-order valence-corrected chi connectivity index (χ3v) is 4.65. The van der Waals surface area contributed by atoms with Gasteiger partial charge in [0, 0.05) is 24.3 Å². The second-order valence-corrected chi connectivity index (χ2v) is 6.46. The molecule has 4 nitrogen and oxygen atoms in total. The van der Waals surface area contributed by atoms with Gasteiger partial charge in [0.15, 0.2) is 5.82 Å². The maximum absolute atomic E-state index is 4.24. The molecule has 112 valence electrons. The van der Waals surface area contributed by atoms with Crippen LogP contribution in [-0.2, 0) is 7.05 Å². The van der Waals surface area contributed by atoms with Gasteiger partial charge >= 0.3 is 0 Å². The van der Waals surface area contributed by atoms with E-state index >= 15 is 0 Å². The first-order valence-electron chi connectivity index (χ1n) is 7.85. The van der Waals surface area contributed by atoms with E-state index in [1.165, 1.54) is 24.9 Å². The minimum Gasteiger partial charge on any atom is -0.381 e. The van der Waals surface area contributed by atoms with E-state index < -0.39 is 0 Å². The summed E-state index contributed by atoms with van der Waals surface area (Å²) in [5.41, 5.74) is 2.29. The Labute approximate surface area is 126 Å². The Morgan fingerprint density at radius 1 is 1.19 bits per heavy atom. The Balaban J connectivity index is 1.85. The van der Waals surface area contributed by atoms with Gasteiger partial charge in [-0.1, -0.05) is 26.0 Å². The molecule has 1 aliphatic carbocycles.